The van der Waals surface area contributed by atoms with Gasteiger partial charge in [0.05, 0.1) is 18.2 Å². The molecular formula is C27H33IN2O4. The average molecular weight is 576 g/mol. The van der Waals surface area contributed by atoms with E-state index in [1.54, 1.807) is 29.2 Å². The Labute approximate surface area is 215 Å². The number of carbonyl (C=O) groups is 2. The lowest BCUT2D eigenvalue weighted by Gasteiger charge is -2.27. The SMILES string of the molecule is CCCOc1ccc(/C(O)=C2\C(=O)C(=O)N(CCCN(CC)CC)C2c2ccc(I)cc2)cc1. The molecule has 0 bridgehead atoms. The van der Waals surface area contributed by atoms with Gasteiger partial charge in [-0.1, -0.05) is 32.9 Å². The minimum atomic E-state index is -0.643. The zero-order valence-corrected chi connectivity index (χ0v) is 22.2. The lowest BCUT2D eigenvalue weighted by atomic mass is 9.95. The highest BCUT2D eigenvalue weighted by atomic mass is 127. The van der Waals surface area contributed by atoms with Gasteiger partial charge in [0, 0.05) is 15.7 Å². The fourth-order valence-electron chi connectivity index (χ4n) is 4.19. The number of Topliss-reactive ketones (excluding diaryl/α,β-unsaturated/α-hetero) is 1. The second-order valence-corrected chi connectivity index (χ2v) is 9.54. The maximum Gasteiger partial charge on any atom is 0.295 e. The molecule has 1 saturated heterocycles. The van der Waals surface area contributed by atoms with Crippen molar-refractivity contribution in [3.63, 3.8) is 0 Å². The van der Waals surface area contributed by atoms with Crippen LogP contribution in [-0.2, 0) is 9.59 Å². The minimum absolute atomic E-state index is 0.135. The van der Waals surface area contributed by atoms with Crippen molar-refractivity contribution < 1.29 is 19.4 Å². The summed E-state index contributed by atoms with van der Waals surface area (Å²) in [6, 6.07) is 14.1. The molecule has 182 valence electrons. The van der Waals surface area contributed by atoms with Crippen LogP contribution in [0.5, 0.6) is 5.75 Å². The van der Waals surface area contributed by atoms with E-state index in [0.717, 1.165) is 41.6 Å². The molecule has 0 aromatic heterocycles. The average Bonchev–Trinajstić information content (AvgIpc) is 3.10. The van der Waals surface area contributed by atoms with Gasteiger partial charge in [-0.3, -0.25) is 9.59 Å². The van der Waals surface area contributed by atoms with E-state index in [1.807, 2.05) is 31.2 Å². The van der Waals surface area contributed by atoms with Gasteiger partial charge in [-0.2, -0.15) is 0 Å². The highest BCUT2D eigenvalue weighted by Gasteiger charge is 2.45. The fourth-order valence-corrected chi connectivity index (χ4v) is 4.55. The third kappa shape index (κ3) is 5.99. The van der Waals surface area contributed by atoms with Crippen molar-refractivity contribution in [2.24, 2.45) is 0 Å². The molecule has 1 aliphatic rings. The monoisotopic (exact) mass is 576 g/mol. The summed E-state index contributed by atoms with van der Waals surface area (Å²) in [5.41, 5.74) is 1.43. The number of halogens is 1. The van der Waals surface area contributed by atoms with E-state index in [2.05, 4.69) is 41.3 Å². The lowest BCUT2D eigenvalue weighted by Crippen LogP contribution is -2.33. The molecule has 0 saturated carbocycles. The first kappa shape index (κ1) is 26.2. The van der Waals surface area contributed by atoms with Gasteiger partial charge in [-0.05, 0) is 97.0 Å². The Bertz CT molecular complexity index is 1010. The molecule has 1 heterocycles. The second kappa shape index (κ2) is 12.4. The number of hydrogen-bond acceptors (Lipinski definition) is 5. The quantitative estimate of drug-likeness (QED) is 0.172. The van der Waals surface area contributed by atoms with Crippen LogP contribution in [0, 0.1) is 3.57 Å². The van der Waals surface area contributed by atoms with Gasteiger partial charge in [-0.25, -0.2) is 0 Å². The van der Waals surface area contributed by atoms with Gasteiger partial charge in [0.25, 0.3) is 11.7 Å². The maximum absolute atomic E-state index is 13.2. The summed E-state index contributed by atoms with van der Waals surface area (Å²) in [5, 5.41) is 11.2. The largest absolute Gasteiger partial charge is 0.507 e. The van der Waals surface area contributed by atoms with Crippen molar-refractivity contribution in [2.45, 2.75) is 39.7 Å². The van der Waals surface area contributed by atoms with Gasteiger partial charge in [0.2, 0.25) is 0 Å². The second-order valence-electron chi connectivity index (χ2n) is 8.30. The molecular weight excluding hydrogens is 543 g/mol. The number of likely N-dealkylation sites (tertiary alicyclic amines) is 1. The Balaban J connectivity index is 1.97. The fraction of sp³-hybridized carbons (Fsp3) is 0.407. The van der Waals surface area contributed by atoms with E-state index in [4.69, 9.17) is 4.74 Å². The maximum atomic E-state index is 13.2. The van der Waals surface area contributed by atoms with Crippen LogP contribution in [-0.4, -0.2) is 59.4 Å². The lowest BCUT2D eigenvalue weighted by molar-refractivity contribution is -0.140. The molecule has 34 heavy (non-hydrogen) atoms. The van der Waals surface area contributed by atoms with Crippen molar-refractivity contribution in [3.05, 3.63) is 68.8 Å². The van der Waals surface area contributed by atoms with Gasteiger partial charge < -0.3 is 19.6 Å². The van der Waals surface area contributed by atoms with Crippen molar-refractivity contribution >= 4 is 40.0 Å². The van der Waals surface area contributed by atoms with Crippen LogP contribution in [0.1, 0.15) is 50.8 Å². The molecule has 0 spiro atoms. The number of hydrogen-bond donors (Lipinski definition) is 1. The number of benzene rings is 2. The van der Waals surface area contributed by atoms with Gasteiger partial charge >= 0.3 is 0 Å². The molecule has 2 aromatic carbocycles. The van der Waals surface area contributed by atoms with Crippen molar-refractivity contribution in [1.82, 2.24) is 9.80 Å². The number of amides is 1. The summed E-state index contributed by atoms with van der Waals surface area (Å²) >= 11 is 2.23. The Hall–Kier alpha value is -2.39. The summed E-state index contributed by atoms with van der Waals surface area (Å²) < 4.78 is 6.68. The summed E-state index contributed by atoms with van der Waals surface area (Å²) in [5.74, 6) is -0.664. The zero-order chi connectivity index (χ0) is 24.7. The summed E-state index contributed by atoms with van der Waals surface area (Å²) in [4.78, 5) is 30.1. The van der Waals surface area contributed by atoms with Gasteiger partial charge in [0.1, 0.15) is 11.5 Å². The van der Waals surface area contributed by atoms with Crippen molar-refractivity contribution in [1.29, 1.82) is 0 Å². The topological polar surface area (TPSA) is 70.1 Å². The third-order valence-electron chi connectivity index (χ3n) is 6.09. The Kier molecular flexibility index (Phi) is 9.53. The first-order valence-corrected chi connectivity index (χ1v) is 13.0. The highest BCUT2D eigenvalue weighted by molar-refractivity contribution is 14.1. The molecule has 1 fully saturated rings. The molecule has 6 nitrogen and oxygen atoms in total. The standard InChI is InChI=1S/C27H33IN2O4/c1-4-18-34-22-14-10-20(11-15-22)25(31)23-24(19-8-12-21(28)13-9-19)30(27(33)26(23)32)17-7-16-29(5-2)6-3/h8-15,24,31H,4-7,16-18H2,1-3H3/b25-23+. The number of aliphatic hydroxyl groups excluding tert-OH is 1. The van der Waals surface area contributed by atoms with Gasteiger partial charge in [0.15, 0.2) is 0 Å². The molecule has 3 rings (SSSR count). The van der Waals surface area contributed by atoms with Crippen LogP contribution in [0.4, 0.5) is 0 Å². The Morgan fingerprint density at radius 1 is 1.03 bits per heavy atom. The predicted molar refractivity (Wildman–Crippen MR) is 143 cm³/mol. The van der Waals surface area contributed by atoms with E-state index in [0.29, 0.717) is 24.5 Å². The molecule has 1 atom stereocenters. The first-order chi connectivity index (χ1) is 16.4. The van der Waals surface area contributed by atoms with Crippen LogP contribution in [0.3, 0.4) is 0 Å². The van der Waals surface area contributed by atoms with Crippen LogP contribution < -0.4 is 4.74 Å². The molecule has 1 aliphatic heterocycles. The predicted octanol–water partition coefficient (Wildman–Crippen LogP) is 5.23. The normalized spacial score (nSPS) is 17.6. The van der Waals surface area contributed by atoms with Crippen molar-refractivity contribution in [2.75, 3.05) is 32.8 Å². The summed E-state index contributed by atoms with van der Waals surface area (Å²) in [6.45, 7) is 10.0. The highest BCUT2D eigenvalue weighted by Crippen LogP contribution is 2.39. The third-order valence-corrected chi connectivity index (χ3v) is 6.81. The number of ketones is 1. The summed E-state index contributed by atoms with van der Waals surface area (Å²) in [7, 11) is 0. The smallest absolute Gasteiger partial charge is 0.295 e. The molecule has 0 aliphatic carbocycles. The summed E-state index contributed by atoms with van der Waals surface area (Å²) in [6.07, 6.45) is 1.65. The number of rotatable bonds is 11. The molecule has 7 heteroatoms. The zero-order valence-electron chi connectivity index (χ0n) is 20.1. The number of aliphatic hydroxyl groups is 1. The van der Waals surface area contributed by atoms with Crippen LogP contribution in [0.25, 0.3) is 5.76 Å². The van der Waals surface area contributed by atoms with Crippen LogP contribution >= 0.6 is 22.6 Å². The molecule has 1 amide bonds. The number of carbonyl (C=O) groups excluding carboxylic acids is 2. The molecule has 1 N–H and O–H groups in total. The van der Waals surface area contributed by atoms with Gasteiger partial charge in [-0.15, -0.1) is 0 Å². The van der Waals surface area contributed by atoms with Crippen LogP contribution in [0.2, 0.25) is 0 Å². The molecule has 0 radical (unpaired) electrons. The van der Waals surface area contributed by atoms with Crippen LogP contribution in [0.15, 0.2) is 54.1 Å². The Morgan fingerprint density at radius 3 is 2.26 bits per heavy atom. The molecule has 1 unspecified atom stereocenters. The van der Waals surface area contributed by atoms with E-state index in [-0.39, 0.29) is 11.3 Å². The van der Waals surface area contributed by atoms with E-state index < -0.39 is 17.7 Å². The van der Waals surface area contributed by atoms with E-state index in [9.17, 15) is 14.7 Å². The van der Waals surface area contributed by atoms with Crippen molar-refractivity contribution in [3.8, 4) is 5.75 Å². The minimum Gasteiger partial charge on any atom is -0.507 e. The van der Waals surface area contributed by atoms with E-state index in [1.165, 1.54) is 0 Å². The number of ether oxygens (including phenoxy) is 1. The molecule has 2 aromatic rings. The number of nitrogens with zero attached hydrogens (tertiary/aromatic N) is 2. The van der Waals surface area contributed by atoms with E-state index >= 15 is 0 Å². The first-order valence-electron chi connectivity index (χ1n) is 11.9. The Morgan fingerprint density at radius 2 is 1.68 bits per heavy atom.